The minimum absolute atomic E-state index is 0.273. The van der Waals surface area contributed by atoms with Crippen molar-refractivity contribution in [3.8, 4) is 0 Å². The van der Waals surface area contributed by atoms with E-state index in [1.165, 1.54) is 0 Å². The van der Waals surface area contributed by atoms with E-state index >= 15 is 0 Å². The number of hydrogen-bond acceptors (Lipinski definition) is 4. The van der Waals surface area contributed by atoms with E-state index in [9.17, 15) is 14.4 Å². The Morgan fingerprint density at radius 3 is 2.73 bits per heavy atom. The maximum absolute atomic E-state index is 11.8. The van der Waals surface area contributed by atoms with Crippen molar-refractivity contribution in [2.45, 2.75) is 24.9 Å². The Bertz CT molecular complexity index is 695. The van der Waals surface area contributed by atoms with Crippen LogP contribution >= 0.6 is 0 Å². The van der Waals surface area contributed by atoms with Crippen LogP contribution in [0.3, 0.4) is 0 Å². The summed E-state index contributed by atoms with van der Waals surface area (Å²) in [6, 6.07) is 5.71. The molecule has 0 aliphatic carbocycles. The number of primary amides is 1. The molecule has 0 aliphatic rings. The van der Waals surface area contributed by atoms with Gasteiger partial charge < -0.3 is 21.8 Å². The molecule has 1 aromatic carbocycles. The number of carbonyl (C=O) groups is 2. The number of aromatic nitrogens is 1. The molecule has 1 heterocycles. The molecule has 1 aromatic heterocycles. The molecule has 0 bridgehead atoms. The minimum atomic E-state index is -1.07. The zero-order valence-electron chi connectivity index (χ0n) is 11.8. The summed E-state index contributed by atoms with van der Waals surface area (Å²) in [6.45, 7) is 0. The predicted molar refractivity (Wildman–Crippen MR) is 81.4 cm³/mol. The van der Waals surface area contributed by atoms with Gasteiger partial charge >= 0.3 is 0 Å². The summed E-state index contributed by atoms with van der Waals surface area (Å²) < 4.78 is 0. The van der Waals surface area contributed by atoms with Gasteiger partial charge in [0.2, 0.25) is 18.1 Å². The quantitative estimate of drug-likeness (QED) is 0.549. The number of rotatable bonds is 7. The first kappa shape index (κ1) is 15.7. The van der Waals surface area contributed by atoms with Crippen LogP contribution in [0.2, 0.25) is 0 Å². The van der Waals surface area contributed by atoms with Gasteiger partial charge in [0.1, 0.15) is 0 Å². The van der Waals surface area contributed by atoms with Gasteiger partial charge in [-0.25, -0.2) is 0 Å². The predicted octanol–water partition coefficient (Wildman–Crippen LogP) is -0.492. The monoisotopic (exact) mass is 301 g/mol. The Morgan fingerprint density at radius 2 is 2.05 bits per heavy atom. The topological polar surface area (TPSA) is 131 Å². The number of benzene rings is 1. The van der Waals surface area contributed by atoms with E-state index in [0.29, 0.717) is 0 Å². The van der Waals surface area contributed by atoms with Gasteiger partial charge in [0.15, 0.2) is 0 Å². The van der Waals surface area contributed by atoms with E-state index < -0.39 is 23.9 Å². The van der Waals surface area contributed by atoms with Gasteiger partial charge in [-0.2, -0.15) is 0 Å². The Morgan fingerprint density at radius 1 is 1.32 bits per heavy atom. The standard InChI is InChI=1S/C15H17N4O3/c16-12(6-14(17)21)15(22)19-10(8-20)5-9-7-18-13-4-2-1-3-11(9)13/h1-4,7,10,12,18H,5-6,16H2,(H2,17,21)(H,19,22)/t10-,12-/m0/s1. The van der Waals surface area contributed by atoms with Crippen LogP contribution in [0.5, 0.6) is 0 Å². The highest BCUT2D eigenvalue weighted by Crippen LogP contribution is 2.18. The number of H-pyrrole nitrogens is 1. The summed E-state index contributed by atoms with van der Waals surface area (Å²) in [7, 11) is 0. The number of aromatic amines is 1. The number of para-hydroxylation sites is 1. The SMILES string of the molecule is NC(=O)C[C@H](N)C(=O)N[C@H]([C]=O)Cc1c[nH]c2ccccc12. The third-order valence-electron chi connectivity index (χ3n) is 3.32. The maximum atomic E-state index is 11.8. The van der Waals surface area contributed by atoms with Crippen molar-refractivity contribution in [1.82, 2.24) is 10.3 Å². The largest absolute Gasteiger partial charge is 0.370 e. The second-order valence-electron chi connectivity index (χ2n) is 5.02. The van der Waals surface area contributed by atoms with Gasteiger partial charge in [-0.05, 0) is 11.6 Å². The normalized spacial score (nSPS) is 13.5. The third-order valence-corrected chi connectivity index (χ3v) is 3.32. The van der Waals surface area contributed by atoms with Crippen LogP contribution in [-0.2, 0) is 20.8 Å². The Hall–Kier alpha value is -2.67. The lowest BCUT2D eigenvalue weighted by Gasteiger charge is -2.15. The van der Waals surface area contributed by atoms with Crippen LogP contribution in [0, 0.1) is 0 Å². The van der Waals surface area contributed by atoms with Gasteiger partial charge in [0.05, 0.1) is 18.5 Å². The van der Waals surface area contributed by atoms with Gasteiger partial charge in [0.25, 0.3) is 0 Å². The molecular formula is C15H17N4O3. The molecule has 0 aliphatic heterocycles. The summed E-state index contributed by atoms with van der Waals surface area (Å²) in [6.07, 6.45) is 3.57. The highest BCUT2D eigenvalue weighted by Gasteiger charge is 2.21. The zero-order chi connectivity index (χ0) is 16.1. The van der Waals surface area contributed by atoms with Crippen molar-refractivity contribution in [3.63, 3.8) is 0 Å². The van der Waals surface area contributed by atoms with Crippen molar-refractivity contribution in [1.29, 1.82) is 0 Å². The lowest BCUT2D eigenvalue weighted by atomic mass is 10.1. The van der Waals surface area contributed by atoms with Crippen LogP contribution in [0.4, 0.5) is 0 Å². The van der Waals surface area contributed by atoms with Crippen LogP contribution in [0.25, 0.3) is 10.9 Å². The first-order chi connectivity index (χ1) is 10.5. The Labute approximate surface area is 127 Å². The number of nitrogens with one attached hydrogen (secondary N) is 2. The Balaban J connectivity index is 2.05. The van der Waals surface area contributed by atoms with Gasteiger partial charge in [-0.1, -0.05) is 18.2 Å². The fourth-order valence-electron chi connectivity index (χ4n) is 2.23. The van der Waals surface area contributed by atoms with Crippen molar-refractivity contribution in [2.75, 3.05) is 0 Å². The average Bonchev–Trinajstić information content (AvgIpc) is 2.89. The van der Waals surface area contributed by atoms with E-state index in [2.05, 4.69) is 10.3 Å². The summed E-state index contributed by atoms with van der Waals surface area (Å²) >= 11 is 0. The number of nitrogens with two attached hydrogens (primary N) is 2. The fraction of sp³-hybridized carbons (Fsp3) is 0.267. The molecule has 2 aromatic rings. The van der Waals surface area contributed by atoms with Crippen LogP contribution in [-0.4, -0.2) is 35.2 Å². The zero-order valence-corrected chi connectivity index (χ0v) is 11.8. The van der Waals surface area contributed by atoms with Crippen LogP contribution in [0.1, 0.15) is 12.0 Å². The number of carbonyl (C=O) groups excluding carboxylic acids is 3. The molecule has 2 atom stereocenters. The molecule has 0 unspecified atom stereocenters. The van der Waals surface area contributed by atoms with Crippen molar-refractivity contribution in [3.05, 3.63) is 36.0 Å². The second-order valence-corrected chi connectivity index (χ2v) is 5.02. The van der Waals surface area contributed by atoms with E-state index in [4.69, 9.17) is 11.5 Å². The Kier molecular flexibility index (Phi) is 4.90. The first-order valence-corrected chi connectivity index (χ1v) is 6.78. The van der Waals surface area contributed by atoms with E-state index in [-0.39, 0.29) is 12.8 Å². The average molecular weight is 301 g/mol. The molecule has 22 heavy (non-hydrogen) atoms. The van der Waals surface area contributed by atoms with Gasteiger partial charge in [-0.15, -0.1) is 0 Å². The fourth-order valence-corrected chi connectivity index (χ4v) is 2.23. The molecule has 0 saturated carbocycles. The maximum Gasteiger partial charge on any atom is 0.238 e. The third kappa shape index (κ3) is 3.70. The van der Waals surface area contributed by atoms with Gasteiger partial charge in [-0.3, -0.25) is 14.4 Å². The summed E-state index contributed by atoms with van der Waals surface area (Å²) in [5.74, 6) is -1.28. The molecular weight excluding hydrogens is 284 g/mol. The molecule has 6 N–H and O–H groups in total. The number of amides is 2. The van der Waals surface area contributed by atoms with Crippen molar-refractivity contribution >= 4 is 29.0 Å². The molecule has 115 valence electrons. The molecule has 2 rings (SSSR count). The molecule has 0 fully saturated rings. The van der Waals surface area contributed by atoms with E-state index in [0.717, 1.165) is 16.5 Å². The van der Waals surface area contributed by atoms with Gasteiger partial charge in [0, 0.05) is 23.5 Å². The summed E-state index contributed by atoms with van der Waals surface area (Å²) in [5.41, 5.74) is 12.3. The summed E-state index contributed by atoms with van der Waals surface area (Å²) in [4.78, 5) is 36.7. The molecule has 0 saturated heterocycles. The highest BCUT2D eigenvalue weighted by atomic mass is 16.2. The second kappa shape index (κ2) is 6.86. The lowest BCUT2D eigenvalue weighted by molar-refractivity contribution is -0.126. The van der Waals surface area contributed by atoms with E-state index in [1.54, 1.807) is 12.5 Å². The molecule has 0 spiro atoms. The minimum Gasteiger partial charge on any atom is -0.370 e. The summed E-state index contributed by atoms with van der Waals surface area (Å²) in [5, 5.41) is 3.44. The first-order valence-electron chi connectivity index (χ1n) is 6.78. The number of hydrogen-bond donors (Lipinski definition) is 4. The van der Waals surface area contributed by atoms with Crippen LogP contribution < -0.4 is 16.8 Å². The van der Waals surface area contributed by atoms with Crippen molar-refractivity contribution < 1.29 is 14.4 Å². The van der Waals surface area contributed by atoms with E-state index in [1.807, 2.05) is 24.3 Å². The molecule has 2 amide bonds. The number of fused-ring (bicyclic) bond motifs is 1. The van der Waals surface area contributed by atoms with Crippen molar-refractivity contribution in [2.24, 2.45) is 11.5 Å². The molecule has 7 nitrogen and oxygen atoms in total. The highest BCUT2D eigenvalue weighted by molar-refractivity contribution is 5.89. The molecule has 7 heteroatoms. The van der Waals surface area contributed by atoms with Crippen LogP contribution in [0.15, 0.2) is 30.5 Å². The molecule has 1 radical (unpaired) electrons. The lowest BCUT2D eigenvalue weighted by Crippen LogP contribution is -2.48. The smallest absolute Gasteiger partial charge is 0.238 e.